The van der Waals surface area contributed by atoms with Crippen LogP contribution >= 0.6 is 34.8 Å². The zero-order valence-corrected chi connectivity index (χ0v) is 19.2. The van der Waals surface area contributed by atoms with E-state index in [9.17, 15) is 9.59 Å². The molecule has 0 saturated heterocycles. The maximum atomic E-state index is 13.4. The van der Waals surface area contributed by atoms with Gasteiger partial charge < -0.3 is 10.1 Å². The molecule has 31 heavy (non-hydrogen) atoms. The Kier molecular flexibility index (Phi) is 6.16. The number of hydrogen-bond acceptors (Lipinski definition) is 4. The van der Waals surface area contributed by atoms with Crippen LogP contribution in [0.3, 0.4) is 0 Å². The quantitative estimate of drug-likeness (QED) is 0.549. The van der Waals surface area contributed by atoms with Crippen molar-refractivity contribution in [2.24, 2.45) is 5.92 Å². The van der Waals surface area contributed by atoms with Crippen molar-refractivity contribution >= 4 is 46.6 Å². The van der Waals surface area contributed by atoms with Crippen molar-refractivity contribution in [2.45, 2.75) is 25.2 Å². The minimum Gasteiger partial charge on any atom is -0.466 e. The van der Waals surface area contributed by atoms with Crippen LogP contribution in [0.15, 0.2) is 65.5 Å². The van der Waals surface area contributed by atoms with Gasteiger partial charge in [0.25, 0.3) is 0 Å². The molecule has 3 unspecified atom stereocenters. The summed E-state index contributed by atoms with van der Waals surface area (Å²) < 4.78 is 5.04. The van der Waals surface area contributed by atoms with Gasteiger partial charge >= 0.3 is 5.97 Å². The van der Waals surface area contributed by atoms with Crippen LogP contribution < -0.4 is 5.32 Å². The SMILES string of the molecule is COC(=O)C1=C(C)NC2=CC(c3ccc(Cl)cc3)CC(=O)C2C1c1ccc(Cl)c(Cl)c1. The van der Waals surface area contributed by atoms with Gasteiger partial charge in [0, 0.05) is 34.7 Å². The van der Waals surface area contributed by atoms with E-state index in [4.69, 9.17) is 39.5 Å². The summed E-state index contributed by atoms with van der Waals surface area (Å²) in [7, 11) is 1.33. The van der Waals surface area contributed by atoms with Crippen molar-refractivity contribution in [1.82, 2.24) is 5.32 Å². The molecule has 0 spiro atoms. The van der Waals surface area contributed by atoms with Crippen LogP contribution in [0.1, 0.15) is 36.3 Å². The van der Waals surface area contributed by atoms with Crippen molar-refractivity contribution < 1.29 is 14.3 Å². The molecule has 1 N–H and O–H groups in total. The summed E-state index contributed by atoms with van der Waals surface area (Å²) in [5.41, 5.74) is 3.59. The second-order valence-electron chi connectivity index (χ2n) is 7.73. The molecule has 0 bridgehead atoms. The number of fused-ring (bicyclic) bond motifs is 1. The monoisotopic (exact) mass is 475 g/mol. The molecule has 0 aromatic heterocycles. The van der Waals surface area contributed by atoms with Crippen molar-refractivity contribution in [2.75, 3.05) is 7.11 Å². The molecule has 0 saturated carbocycles. The molecule has 0 radical (unpaired) electrons. The fraction of sp³-hybridized carbons (Fsp3) is 0.250. The highest BCUT2D eigenvalue weighted by atomic mass is 35.5. The number of benzene rings is 2. The van der Waals surface area contributed by atoms with E-state index in [0.29, 0.717) is 32.8 Å². The van der Waals surface area contributed by atoms with Crippen LogP contribution in [-0.2, 0) is 14.3 Å². The zero-order chi connectivity index (χ0) is 22.3. The van der Waals surface area contributed by atoms with E-state index in [-0.39, 0.29) is 11.7 Å². The fourth-order valence-corrected chi connectivity index (χ4v) is 4.88. The van der Waals surface area contributed by atoms with Gasteiger partial charge in [-0.1, -0.05) is 59.1 Å². The van der Waals surface area contributed by atoms with Gasteiger partial charge in [0.15, 0.2) is 0 Å². The van der Waals surface area contributed by atoms with Crippen LogP contribution in [0.4, 0.5) is 0 Å². The van der Waals surface area contributed by atoms with Gasteiger partial charge in [0.1, 0.15) is 5.78 Å². The van der Waals surface area contributed by atoms with Gasteiger partial charge in [-0.05, 0) is 42.3 Å². The third kappa shape index (κ3) is 4.12. The number of Topliss-reactive ketones (excluding diaryl/α,β-unsaturated/α-hetero) is 1. The highest BCUT2D eigenvalue weighted by Crippen LogP contribution is 2.47. The highest BCUT2D eigenvalue weighted by Gasteiger charge is 2.45. The molecule has 7 heteroatoms. The first-order chi connectivity index (χ1) is 14.8. The standard InChI is InChI=1S/C24H20Cl3NO3/c1-12-21(24(30)31-2)22(14-5-8-17(26)18(27)9-14)23-19(28-12)10-15(11-20(23)29)13-3-6-16(25)7-4-13/h3-10,15,22-23,28H,11H2,1-2H3. The normalized spacial score (nSPS) is 23.1. The second kappa shape index (κ2) is 8.70. The second-order valence-corrected chi connectivity index (χ2v) is 8.99. The molecule has 4 nitrogen and oxygen atoms in total. The van der Waals surface area contributed by atoms with E-state index < -0.39 is 17.8 Å². The Labute approximate surface area is 195 Å². The molecule has 3 atom stereocenters. The van der Waals surface area contributed by atoms with Crippen LogP contribution in [0.5, 0.6) is 0 Å². The van der Waals surface area contributed by atoms with Crippen molar-refractivity contribution in [3.05, 3.63) is 91.7 Å². The summed E-state index contributed by atoms with van der Waals surface area (Å²) in [6, 6.07) is 12.7. The molecule has 4 rings (SSSR count). The van der Waals surface area contributed by atoms with E-state index in [1.54, 1.807) is 18.2 Å². The molecule has 2 aliphatic rings. The van der Waals surface area contributed by atoms with Crippen molar-refractivity contribution in [3.63, 3.8) is 0 Å². The minimum atomic E-state index is -0.543. The predicted octanol–water partition coefficient (Wildman–Crippen LogP) is 6.04. The number of nitrogens with one attached hydrogen (secondary N) is 1. The number of ether oxygens (including phenoxy) is 1. The maximum Gasteiger partial charge on any atom is 0.336 e. The highest BCUT2D eigenvalue weighted by molar-refractivity contribution is 6.42. The van der Waals surface area contributed by atoms with Crippen LogP contribution in [-0.4, -0.2) is 18.9 Å². The topological polar surface area (TPSA) is 55.4 Å². The largest absolute Gasteiger partial charge is 0.466 e. The Morgan fingerprint density at radius 1 is 1.00 bits per heavy atom. The first-order valence-electron chi connectivity index (χ1n) is 9.81. The molecule has 2 aromatic rings. The molecule has 1 aliphatic carbocycles. The number of hydrogen-bond donors (Lipinski definition) is 1. The molecular formula is C24H20Cl3NO3. The van der Waals surface area contributed by atoms with E-state index in [2.05, 4.69) is 11.4 Å². The lowest BCUT2D eigenvalue weighted by Gasteiger charge is -2.39. The Hall–Kier alpha value is -2.27. The van der Waals surface area contributed by atoms with E-state index in [0.717, 1.165) is 16.8 Å². The summed E-state index contributed by atoms with van der Waals surface area (Å²) in [4.78, 5) is 26.1. The van der Waals surface area contributed by atoms with Gasteiger partial charge in [-0.25, -0.2) is 4.79 Å². The Bertz CT molecular complexity index is 1120. The number of methoxy groups -OCH3 is 1. The summed E-state index contributed by atoms with van der Waals surface area (Å²) >= 11 is 18.4. The molecule has 2 aromatic carbocycles. The number of carbonyl (C=O) groups excluding carboxylic acids is 2. The lowest BCUT2D eigenvalue weighted by Crippen LogP contribution is -2.41. The molecule has 0 amide bonds. The lowest BCUT2D eigenvalue weighted by atomic mass is 9.68. The van der Waals surface area contributed by atoms with Gasteiger partial charge in [0.2, 0.25) is 0 Å². The zero-order valence-electron chi connectivity index (χ0n) is 16.9. The van der Waals surface area contributed by atoms with Gasteiger partial charge in [-0.3, -0.25) is 4.79 Å². The Balaban J connectivity index is 1.84. The van der Waals surface area contributed by atoms with Crippen LogP contribution in [0, 0.1) is 5.92 Å². The number of esters is 1. The number of halogens is 3. The Morgan fingerprint density at radius 2 is 1.68 bits per heavy atom. The summed E-state index contributed by atoms with van der Waals surface area (Å²) in [6.45, 7) is 1.81. The summed E-state index contributed by atoms with van der Waals surface area (Å²) in [5, 5.41) is 4.71. The van der Waals surface area contributed by atoms with E-state index >= 15 is 0 Å². The van der Waals surface area contributed by atoms with Crippen LogP contribution in [0.25, 0.3) is 0 Å². The third-order valence-corrected chi connectivity index (χ3v) is 6.86. The van der Waals surface area contributed by atoms with E-state index in [1.165, 1.54) is 7.11 Å². The molecule has 0 fully saturated rings. The number of allylic oxidation sites excluding steroid dienone is 3. The number of carbonyl (C=O) groups is 2. The van der Waals surface area contributed by atoms with Crippen molar-refractivity contribution in [3.8, 4) is 0 Å². The summed E-state index contributed by atoms with van der Waals surface area (Å²) in [6.07, 6.45) is 2.39. The predicted molar refractivity (Wildman–Crippen MR) is 122 cm³/mol. The smallest absolute Gasteiger partial charge is 0.336 e. The minimum absolute atomic E-state index is 0.0370. The van der Waals surface area contributed by atoms with Gasteiger partial charge in [-0.15, -0.1) is 0 Å². The molecule has 1 aliphatic heterocycles. The Morgan fingerprint density at radius 3 is 2.32 bits per heavy atom. The average Bonchev–Trinajstić information content (AvgIpc) is 2.74. The van der Waals surface area contributed by atoms with Gasteiger partial charge in [0.05, 0.1) is 28.6 Å². The molecular weight excluding hydrogens is 457 g/mol. The lowest BCUT2D eigenvalue weighted by molar-refractivity contribution is -0.136. The number of ketones is 1. The maximum absolute atomic E-state index is 13.4. The van der Waals surface area contributed by atoms with Crippen molar-refractivity contribution in [1.29, 1.82) is 0 Å². The fourth-order valence-electron chi connectivity index (χ4n) is 4.44. The van der Waals surface area contributed by atoms with E-state index in [1.807, 2.05) is 31.2 Å². The number of rotatable bonds is 3. The third-order valence-electron chi connectivity index (χ3n) is 5.87. The molecule has 160 valence electrons. The summed E-state index contributed by atoms with van der Waals surface area (Å²) in [5.74, 6) is -1.58. The average molecular weight is 477 g/mol. The first-order valence-corrected chi connectivity index (χ1v) is 10.9. The molecule has 1 heterocycles. The van der Waals surface area contributed by atoms with Crippen LogP contribution in [0.2, 0.25) is 15.1 Å². The van der Waals surface area contributed by atoms with Gasteiger partial charge in [-0.2, -0.15) is 0 Å². The first kappa shape index (κ1) is 21.9.